The number of amides is 1. The molecule has 110 valence electrons. The van der Waals surface area contributed by atoms with Crippen LogP contribution in [0.3, 0.4) is 0 Å². The van der Waals surface area contributed by atoms with E-state index in [1.807, 2.05) is 19.9 Å². The van der Waals surface area contributed by atoms with Gasteiger partial charge in [0, 0.05) is 12.1 Å². The number of carboxylic acids is 1. The van der Waals surface area contributed by atoms with Crippen LogP contribution >= 0.6 is 0 Å². The molecule has 0 aliphatic heterocycles. The lowest BCUT2D eigenvalue weighted by molar-refractivity contribution is -0.151. The molecule has 0 radical (unpaired) electrons. The van der Waals surface area contributed by atoms with E-state index in [0.29, 0.717) is 18.5 Å². The molecule has 1 rings (SSSR count). The van der Waals surface area contributed by atoms with E-state index in [-0.39, 0.29) is 12.3 Å². The number of rotatable bonds is 6. The summed E-state index contributed by atoms with van der Waals surface area (Å²) in [6, 6.07) is 3.60. The minimum absolute atomic E-state index is 0.0251. The number of carbonyl (C=O) groups excluding carboxylic acids is 1. The standard InChI is InChI=1S/C15H22N2O3/c1-5-15(6-2,14(19)20)9-13(18)17-12-8-7-10(3)16-11(12)4/h7-8H,5-6,9H2,1-4H3,(H,17,18)(H,19,20). The molecule has 20 heavy (non-hydrogen) atoms. The van der Waals surface area contributed by atoms with E-state index >= 15 is 0 Å². The van der Waals surface area contributed by atoms with Gasteiger partial charge in [0.05, 0.1) is 16.8 Å². The van der Waals surface area contributed by atoms with Gasteiger partial charge in [0.1, 0.15) is 0 Å². The Kier molecular flexibility index (Phi) is 5.25. The van der Waals surface area contributed by atoms with Crippen LogP contribution in [0.2, 0.25) is 0 Å². The lowest BCUT2D eigenvalue weighted by Gasteiger charge is -2.25. The van der Waals surface area contributed by atoms with E-state index < -0.39 is 11.4 Å². The van der Waals surface area contributed by atoms with Crippen molar-refractivity contribution in [2.24, 2.45) is 5.41 Å². The molecule has 1 amide bonds. The maximum atomic E-state index is 12.1. The number of aliphatic carboxylic acids is 1. The van der Waals surface area contributed by atoms with E-state index in [2.05, 4.69) is 10.3 Å². The first kappa shape index (κ1) is 16.1. The quantitative estimate of drug-likeness (QED) is 0.838. The summed E-state index contributed by atoms with van der Waals surface area (Å²) in [7, 11) is 0. The number of carboxylic acid groups (broad SMARTS) is 1. The first-order valence-electron chi connectivity index (χ1n) is 6.82. The summed E-state index contributed by atoms with van der Waals surface area (Å²) >= 11 is 0. The van der Waals surface area contributed by atoms with Gasteiger partial charge < -0.3 is 10.4 Å². The van der Waals surface area contributed by atoms with Gasteiger partial charge in [-0.25, -0.2) is 0 Å². The van der Waals surface area contributed by atoms with E-state index in [1.54, 1.807) is 19.9 Å². The average Bonchev–Trinajstić information content (AvgIpc) is 2.39. The number of hydrogen-bond acceptors (Lipinski definition) is 3. The van der Waals surface area contributed by atoms with Crippen LogP contribution < -0.4 is 5.32 Å². The molecule has 2 N–H and O–H groups in total. The predicted molar refractivity (Wildman–Crippen MR) is 77.6 cm³/mol. The molecular formula is C15H22N2O3. The average molecular weight is 278 g/mol. The molecule has 1 aromatic heterocycles. The van der Waals surface area contributed by atoms with Crippen LogP contribution in [0.15, 0.2) is 12.1 Å². The normalized spacial score (nSPS) is 11.2. The summed E-state index contributed by atoms with van der Waals surface area (Å²) in [4.78, 5) is 27.7. The zero-order chi connectivity index (χ0) is 15.3. The van der Waals surface area contributed by atoms with Crippen molar-refractivity contribution >= 4 is 17.6 Å². The minimum Gasteiger partial charge on any atom is -0.481 e. The second-order valence-corrected chi connectivity index (χ2v) is 5.10. The molecule has 0 atom stereocenters. The van der Waals surface area contributed by atoms with Crippen LogP contribution in [-0.4, -0.2) is 22.0 Å². The van der Waals surface area contributed by atoms with Crippen LogP contribution in [0.5, 0.6) is 0 Å². The fourth-order valence-corrected chi connectivity index (χ4v) is 2.20. The lowest BCUT2D eigenvalue weighted by atomic mass is 9.79. The van der Waals surface area contributed by atoms with Gasteiger partial charge in [-0.05, 0) is 38.8 Å². The van der Waals surface area contributed by atoms with Gasteiger partial charge in [-0.15, -0.1) is 0 Å². The van der Waals surface area contributed by atoms with Crippen molar-refractivity contribution in [2.75, 3.05) is 5.32 Å². The Bertz CT molecular complexity index is 508. The van der Waals surface area contributed by atoms with Gasteiger partial charge in [-0.2, -0.15) is 0 Å². The molecule has 0 aromatic carbocycles. The number of aromatic nitrogens is 1. The molecule has 0 unspecified atom stereocenters. The highest BCUT2D eigenvalue weighted by molar-refractivity contribution is 5.94. The molecule has 0 aliphatic carbocycles. The summed E-state index contributed by atoms with van der Waals surface area (Å²) in [6.07, 6.45) is 0.831. The largest absolute Gasteiger partial charge is 0.481 e. The second kappa shape index (κ2) is 6.50. The first-order valence-corrected chi connectivity index (χ1v) is 6.82. The molecule has 0 saturated heterocycles. The van der Waals surface area contributed by atoms with Gasteiger partial charge >= 0.3 is 5.97 Å². The van der Waals surface area contributed by atoms with Crippen LogP contribution in [0.1, 0.15) is 44.5 Å². The van der Waals surface area contributed by atoms with E-state index in [9.17, 15) is 14.7 Å². The lowest BCUT2D eigenvalue weighted by Crippen LogP contribution is -2.34. The minimum atomic E-state index is -0.990. The Morgan fingerprint density at radius 3 is 2.30 bits per heavy atom. The fourth-order valence-electron chi connectivity index (χ4n) is 2.20. The van der Waals surface area contributed by atoms with Crippen LogP contribution in [0.4, 0.5) is 5.69 Å². The Labute approximate surface area is 119 Å². The van der Waals surface area contributed by atoms with E-state index in [0.717, 1.165) is 11.4 Å². The monoisotopic (exact) mass is 278 g/mol. The van der Waals surface area contributed by atoms with Gasteiger partial charge in [0.2, 0.25) is 5.91 Å². The van der Waals surface area contributed by atoms with Crippen molar-refractivity contribution in [3.63, 3.8) is 0 Å². The Morgan fingerprint density at radius 1 is 1.25 bits per heavy atom. The SMILES string of the molecule is CCC(CC)(CC(=O)Nc1ccc(C)nc1C)C(=O)O. The molecule has 0 spiro atoms. The summed E-state index contributed by atoms with van der Waals surface area (Å²) in [6.45, 7) is 7.28. The van der Waals surface area contributed by atoms with E-state index in [1.165, 1.54) is 0 Å². The van der Waals surface area contributed by atoms with Crippen LogP contribution in [0, 0.1) is 19.3 Å². The van der Waals surface area contributed by atoms with Gasteiger partial charge in [-0.3, -0.25) is 14.6 Å². The number of pyridine rings is 1. The molecule has 0 saturated carbocycles. The fraction of sp³-hybridized carbons (Fsp3) is 0.533. The second-order valence-electron chi connectivity index (χ2n) is 5.10. The number of carbonyl (C=O) groups is 2. The maximum Gasteiger partial charge on any atom is 0.310 e. The van der Waals surface area contributed by atoms with Gasteiger partial charge in [0.15, 0.2) is 0 Å². The Hall–Kier alpha value is -1.91. The Balaban J connectivity index is 2.83. The summed E-state index contributed by atoms with van der Waals surface area (Å²) < 4.78 is 0. The van der Waals surface area contributed by atoms with Crippen molar-refractivity contribution in [1.82, 2.24) is 4.98 Å². The zero-order valence-corrected chi connectivity index (χ0v) is 12.5. The molecule has 0 aliphatic rings. The summed E-state index contributed by atoms with van der Waals surface area (Å²) in [5.74, 6) is -1.21. The number of anilines is 1. The molecule has 5 nitrogen and oxygen atoms in total. The van der Waals surface area contributed by atoms with Crippen molar-refractivity contribution in [3.05, 3.63) is 23.5 Å². The number of hydrogen-bond donors (Lipinski definition) is 2. The topological polar surface area (TPSA) is 79.3 Å². The summed E-state index contributed by atoms with van der Waals surface area (Å²) in [5.41, 5.74) is 1.25. The molecule has 1 heterocycles. The molecule has 5 heteroatoms. The smallest absolute Gasteiger partial charge is 0.310 e. The van der Waals surface area contributed by atoms with Crippen molar-refractivity contribution in [1.29, 1.82) is 0 Å². The molecular weight excluding hydrogens is 256 g/mol. The third kappa shape index (κ3) is 3.56. The summed E-state index contributed by atoms with van der Waals surface area (Å²) in [5, 5.41) is 12.1. The molecule has 0 bridgehead atoms. The van der Waals surface area contributed by atoms with Crippen molar-refractivity contribution in [3.8, 4) is 0 Å². The molecule has 1 aromatic rings. The predicted octanol–water partition coefficient (Wildman–Crippen LogP) is 2.92. The zero-order valence-electron chi connectivity index (χ0n) is 12.5. The third-order valence-corrected chi connectivity index (χ3v) is 3.81. The molecule has 0 fully saturated rings. The third-order valence-electron chi connectivity index (χ3n) is 3.81. The van der Waals surface area contributed by atoms with Crippen molar-refractivity contribution < 1.29 is 14.7 Å². The first-order chi connectivity index (χ1) is 9.34. The van der Waals surface area contributed by atoms with Gasteiger partial charge in [-0.1, -0.05) is 13.8 Å². The maximum absolute atomic E-state index is 12.1. The highest BCUT2D eigenvalue weighted by Gasteiger charge is 2.37. The Morgan fingerprint density at radius 2 is 1.85 bits per heavy atom. The number of nitrogens with zero attached hydrogens (tertiary/aromatic N) is 1. The van der Waals surface area contributed by atoms with Crippen LogP contribution in [-0.2, 0) is 9.59 Å². The van der Waals surface area contributed by atoms with E-state index in [4.69, 9.17) is 0 Å². The highest BCUT2D eigenvalue weighted by atomic mass is 16.4. The van der Waals surface area contributed by atoms with Gasteiger partial charge in [0.25, 0.3) is 0 Å². The highest BCUT2D eigenvalue weighted by Crippen LogP contribution is 2.31. The number of aryl methyl sites for hydroxylation is 2. The van der Waals surface area contributed by atoms with Crippen molar-refractivity contribution in [2.45, 2.75) is 47.0 Å². The van der Waals surface area contributed by atoms with Crippen LogP contribution in [0.25, 0.3) is 0 Å². The number of nitrogens with one attached hydrogen (secondary N) is 1.